The Labute approximate surface area is 352 Å². The van der Waals surface area contributed by atoms with Crippen LogP contribution in [0.5, 0.6) is 0 Å². The van der Waals surface area contributed by atoms with Crippen molar-refractivity contribution < 1.29 is 28.6 Å². The van der Waals surface area contributed by atoms with E-state index in [1.807, 2.05) is 0 Å². The van der Waals surface area contributed by atoms with Crippen LogP contribution in [0.3, 0.4) is 0 Å². The molecule has 0 amide bonds. The molecule has 1 atom stereocenters. The topological polar surface area (TPSA) is 78.9 Å². The minimum Gasteiger partial charge on any atom is -0.462 e. The van der Waals surface area contributed by atoms with Gasteiger partial charge in [0.15, 0.2) is 6.10 Å². The third-order valence-electron chi connectivity index (χ3n) is 10.3. The summed E-state index contributed by atoms with van der Waals surface area (Å²) in [5, 5.41) is 0. The first kappa shape index (κ1) is 54.4. The number of allylic oxidation sites excluding steroid dienone is 8. The van der Waals surface area contributed by atoms with Crippen molar-refractivity contribution in [3.8, 4) is 0 Å². The molecule has 0 rings (SSSR count). The van der Waals surface area contributed by atoms with E-state index in [-0.39, 0.29) is 31.1 Å². The molecule has 57 heavy (non-hydrogen) atoms. The van der Waals surface area contributed by atoms with E-state index in [4.69, 9.17) is 14.2 Å². The van der Waals surface area contributed by atoms with E-state index in [2.05, 4.69) is 69.4 Å². The monoisotopic (exact) mass is 799 g/mol. The molecular formula is C51H90O6. The maximum atomic E-state index is 12.6. The summed E-state index contributed by atoms with van der Waals surface area (Å²) < 4.78 is 16.6. The predicted octanol–water partition coefficient (Wildman–Crippen LogP) is 15.5. The van der Waals surface area contributed by atoms with Crippen LogP contribution in [0.4, 0.5) is 0 Å². The Morgan fingerprint density at radius 1 is 0.368 bits per heavy atom. The van der Waals surface area contributed by atoms with Gasteiger partial charge in [0.25, 0.3) is 0 Å². The number of esters is 3. The lowest BCUT2D eigenvalue weighted by atomic mass is 10.0. The minimum absolute atomic E-state index is 0.0716. The largest absolute Gasteiger partial charge is 0.462 e. The number of hydrogen-bond donors (Lipinski definition) is 0. The molecule has 0 spiro atoms. The summed E-state index contributed by atoms with van der Waals surface area (Å²) in [6, 6.07) is 0. The molecule has 0 aromatic heterocycles. The summed E-state index contributed by atoms with van der Waals surface area (Å²) in [4.78, 5) is 37.5. The van der Waals surface area contributed by atoms with E-state index in [0.717, 1.165) is 83.5 Å². The van der Waals surface area contributed by atoms with Crippen LogP contribution in [0.2, 0.25) is 0 Å². The van der Waals surface area contributed by atoms with Crippen LogP contribution in [-0.2, 0) is 28.6 Å². The summed E-state index contributed by atoms with van der Waals surface area (Å²) in [5.74, 6) is -0.886. The second kappa shape index (κ2) is 46.1. The Hall–Kier alpha value is -2.63. The molecule has 0 radical (unpaired) electrons. The van der Waals surface area contributed by atoms with Crippen molar-refractivity contribution in [3.05, 3.63) is 48.6 Å². The fraction of sp³-hybridized carbons (Fsp3) is 0.784. The second-order valence-corrected chi connectivity index (χ2v) is 16.0. The quantitative estimate of drug-likeness (QED) is 0.0265. The minimum atomic E-state index is -0.764. The van der Waals surface area contributed by atoms with Crippen LogP contribution in [0.15, 0.2) is 48.6 Å². The third-order valence-corrected chi connectivity index (χ3v) is 10.3. The molecule has 0 saturated heterocycles. The first-order valence-corrected chi connectivity index (χ1v) is 24.1. The van der Waals surface area contributed by atoms with Gasteiger partial charge in [-0.05, 0) is 57.8 Å². The smallest absolute Gasteiger partial charge is 0.306 e. The molecule has 0 aliphatic carbocycles. The first-order valence-electron chi connectivity index (χ1n) is 24.1. The van der Waals surface area contributed by atoms with Gasteiger partial charge < -0.3 is 14.2 Å². The van der Waals surface area contributed by atoms with E-state index < -0.39 is 6.10 Å². The number of carbonyl (C=O) groups excluding carboxylic acids is 3. The Morgan fingerprint density at radius 2 is 0.684 bits per heavy atom. The van der Waals surface area contributed by atoms with Gasteiger partial charge in [0, 0.05) is 19.3 Å². The summed E-state index contributed by atoms with van der Waals surface area (Å²) in [7, 11) is 0. The van der Waals surface area contributed by atoms with Gasteiger partial charge >= 0.3 is 17.9 Å². The Kier molecular flexibility index (Phi) is 43.9. The Balaban J connectivity index is 4.02. The number of carbonyl (C=O) groups is 3. The SMILES string of the molecule is CC/C=C\C/C=C\C/C=C\C/C=C\CCCCCCCCCCCCCCC(=O)OCC(COC(=O)CCCCCCCC)OC(=O)CCCCCCCCCC. The maximum Gasteiger partial charge on any atom is 0.306 e. The molecule has 0 aromatic rings. The summed E-state index contributed by atoms with van der Waals surface area (Å²) in [6.07, 6.45) is 54.2. The van der Waals surface area contributed by atoms with Gasteiger partial charge in [0.2, 0.25) is 0 Å². The molecule has 0 aliphatic rings. The zero-order valence-corrected chi connectivity index (χ0v) is 37.6. The molecule has 0 aliphatic heterocycles. The van der Waals surface area contributed by atoms with E-state index in [9.17, 15) is 14.4 Å². The van der Waals surface area contributed by atoms with Gasteiger partial charge in [0.1, 0.15) is 13.2 Å². The van der Waals surface area contributed by atoms with Gasteiger partial charge in [-0.2, -0.15) is 0 Å². The highest BCUT2D eigenvalue weighted by Gasteiger charge is 2.19. The zero-order valence-electron chi connectivity index (χ0n) is 37.6. The lowest BCUT2D eigenvalue weighted by molar-refractivity contribution is -0.167. The average molecular weight is 799 g/mol. The van der Waals surface area contributed by atoms with Crippen molar-refractivity contribution in [1.82, 2.24) is 0 Å². The fourth-order valence-electron chi connectivity index (χ4n) is 6.73. The highest BCUT2D eigenvalue weighted by atomic mass is 16.6. The van der Waals surface area contributed by atoms with Gasteiger partial charge in [-0.15, -0.1) is 0 Å². The lowest BCUT2D eigenvalue weighted by Crippen LogP contribution is -2.30. The molecule has 1 unspecified atom stereocenters. The average Bonchev–Trinajstić information content (AvgIpc) is 3.21. The highest BCUT2D eigenvalue weighted by Crippen LogP contribution is 2.15. The Morgan fingerprint density at radius 3 is 1.07 bits per heavy atom. The number of unbranched alkanes of at least 4 members (excludes halogenated alkanes) is 24. The van der Waals surface area contributed by atoms with Gasteiger partial charge in [-0.1, -0.05) is 211 Å². The molecule has 0 N–H and O–H groups in total. The molecule has 330 valence electrons. The van der Waals surface area contributed by atoms with Gasteiger partial charge in [-0.25, -0.2) is 0 Å². The molecule has 0 heterocycles. The molecule has 0 aromatic carbocycles. The molecule has 0 bridgehead atoms. The van der Waals surface area contributed by atoms with Crippen LogP contribution in [0.1, 0.15) is 239 Å². The van der Waals surface area contributed by atoms with Crippen molar-refractivity contribution in [1.29, 1.82) is 0 Å². The molecular weight excluding hydrogens is 709 g/mol. The second-order valence-electron chi connectivity index (χ2n) is 16.0. The molecule has 6 nitrogen and oxygen atoms in total. The number of hydrogen-bond acceptors (Lipinski definition) is 6. The first-order chi connectivity index (χ1) is 28.0. The maximum absolute atomic E-state index is 12.6. The summed E-state index contributed by atoms with van der Waals surface area (Å²) in [6.45, 7) is 6.43. The van der Waals surface area contributed by atoms with E-state index in [1.54, 1.807) is 0 Å². The normalized spacial score (nSPS) is 12.4. The van der Waals surface area contributed by atoms with Crippen molar-refractivity contribution in [2.24, 2.45) is 0 Å². The van der Waals surface area contributed by atoms with Crippen LogP contribution in [0, 0.1) is 0 Å². The lowest BCUT2D eigenvalue weighted by Gasteiger charge is -2.18. The predicted molar refractivity (Wildman–Crippen MR) is 242 cm³/mol. The molecule has 6 heteroatoms. The van der Waals surface area contributed by atoms with Crippen LogP contribution < -0.4 is 0 Å². The zero-order chi connectivity index (χ0) is 41.5. The van der Waals surface area contributed by atoms with Crippen LogP contribution in [-0.4, -0.2) is 37.2 Å². The summed E-state index contributed by atoms with van der Waals surface area (Å²) in [5.41, 5.74) is 0. The Bertz CT molecular complexity index is 1010. The standard InChI is InChI=1S/C51H90O6/c1-4-7-10-13-16-18-19-20-21-22-23-24-25-26-27-28-29-30-31-32-33-34-36-38-41-44-50(53)56-47-48(46-55-49(52)43-40-37-15-12-9-6-3)57-51(54)45-42-39-35-17-14-11-8-5-2/h7,10,16,18,20-21,23-24,48H,4-6,8-9,11-15,17,19,22,25-47H2,1-3H3/b10-7-,18-16-,21-20-,24-23-. The van der Waals surface area contributed by atoms with Crippen LogP contribution >= 0.6 is 0 Å². The number of rotatable bonds is 43. The third kappa shape index (κ3) is 44.3. The van der Waals surface area contributed by atoms with E-state index in [1.165, 1.54) is 116 Å². The van der Waals surface area contributed by atoms with Gasteiger partial charge in [-0.3, -0.25) is 14.4 Å². The van der Waals surface area contributed by atoms with Crippen LogP contribution in [0.25, 0.3) is 0 Å². The number of ether oxygens (including phenoxy) is 3. The van der Waals surface area contributed by atoms with E-state index in [0.29, 0.717) is 19.3 Å². The van der Waals surface area contributed by atoms with Crippen molar-refractivity contribution in [2.45, 2.75) is 245 Å². The summed E-state index contributed by atoms with van der Waals surface area (Å²) >= 11 is 0. The fourth-order valence-corrected chi connectivity index (χ4v) is 6.73. The molecule has 0 saturated carbocycles. The van der Waals surface area contributed by atoms with Gasteiger partial charge in [0.05, 0.1) is 0 Å². The molecule has 0 fully saturated rings. The van der Waals surface area contributed by atoms with Crippen molar-refractivity contribution in [3.63, 3.8) is 0 Å². The highest BCUT2D eigenvalue weighted by molar-refractivity contribution is 5.71. The van der Waals surface area contributed by atoms with Crippen molar-refractivity contribution >= 4 is 17.9 Å². The van der Waals surface area contributed by atoms with Crippen molar-refractivity contribution in [2.75, 3.05) is 13.2 Å². The van der Waals surface area contributed by atoms with E-state index >= 15 is 0 Å².